The highest BCUT2D eigenvalue weighted by molar-refractivity contribution is 7.99. The fraction of sp³-hybridized carbons (Fsp3) is 0. The van der Waals surface area contributed by atoms with Crippen molar-refractivity contribution in [3.05, 3.63) is 51.5 Å². The summed E-state index contributed by atoms with van der Waals surface area (Å²) >= 11 is 7.41. The van der Waals surface area contributed by atoms with E-state index in [1.807, 2.05) is 18.2 Å². The summed E-state index contributed by atoms with van der Waals surface area (Å²) in [6.45, 7) is 0. The predicted octanol–water partition coefficient (Wildman–Crippen LogP) is 4.46. The highest BCUT2D eigenvalue weighted by Crippen LogP contribution is 2.45. The SMILES string of the molecule is O=[N+]([O-])c1ccc2c(c1)Sc1cc(Cl)ccc1N2. The number of halogens is 1. The van der Waals surface area contributed by atoms with Crippen molar-refractivity contribution in [1.82, 2.24) is 0 Å². The van der Waals surface area contributed by atoms with Crippen LogP contribution in [0.5, 0.6) is 0 Å². The third-order valence-corrected chi connectivity index (χ3v) is 3.96. The van der Waals surface area contributed by atoms with Crippen LogP contribution in [0, 0.1) is 10.1 Å². The van der Waals surface area contributed by atoms with Crippen molar-refractivity contribution in [2.24, 2.45) is 0 Å². The third kappa shape index (κ3) is 1.91. The summed E-state index contributed by atoms with van der Waals surface area (Å²) < 4.78 is 0. The zero-order valence-electron chi connectivity index (χ0n) is 9.01. The fourth-order valence-electron chi connectivity index (χ4n) is 1.76. The Kier molecular flexibility index (Phi) is 2.65. The Morgan fingerprint density at radius 1 is 1.11 bits per heavy atom. The first kappa shape index (κ1) is 11.4. The lowest BCUT2D eigenvalue weighted by Gasteiger charge is -2.20. The quantitative estimate of drug-likeness (QED) is 0.527. The van der Waals surface area contributed by atoms with Gasteiger partial charge in [-0.05, 0) is 24.3 Å². The van der Waals surface area contributed by atoms with E-state index in [9.17, 15) is 10.1 Å². The van der Waals surface area contributed by atoms with Crippen LogP contribution in [0.1, 0.15) is 0 Å². The number of fused-ring (bicyclic) bond motifs is 2. The van der Waals surface area contributed by atoms with Crippen LogP contribution >= 0.6 is 23.4 Å². The monoisotopic (exact) mass is 278 g/mol. The Hall–Kier alpha value is -1.72. The van der Waals surface area contributed by atoms with Crippen molar-refractivity contribution in [3.8, 4) is 0 Å². The lowest BCUT2D eigenvalue weighted by atomic mass is 10.2. The zero-order valence-corrected chi connectivity index (χ0v) is 10.6. The number of hydrogen-bond donors (Lipinski definition) is 1. The average molecular weight is 279 g/mol. The van der Waals surface area contributed by atoms with Gasteiger partial charge in [0.15, 0.2) is 0 Å². The molecule has 18 heavy (non-hydrogen) atoms. The molecule has 1 aliphatic rings. The molecule has 1 heterocycles. The molecular weight excluding hydrogens is 272 g/mol. The van der Waals surface area contributed by atoms with Gasteiger partial charge >= 0.3 is 0 Å². The predicted molar refractivity (Wildman–Crippen MR) is 72.0 cm³/mol. The lowest BCUT2D eigenvalue weighted by Crippen LogP contribution is -2.00. The number of anilines is 2. The second-order valence-corrected chi connectivity index (χ2v) is 5.33. The first-order valence-corrected chi connectivity index (χ1v) is 6.36. The van der Waals surface area contributed by atoms with Crippen LogP contribution in [0.3, 0.4) is 0 Å². The van der Waals surface area contributed by atoms with Crippen molar-refractivity contribution >= 4 is 40.4 Å². The molecule has 0 amide bonds. The minimum atomic E-state index is -0.395. The van der Waals surface area contributed by atoms with Gasteiger partial charge in [-0.1, -0.05) is 23.4 Å². The molecule has 0 saturated heterocycles. The van der Waals surface area contributed by atoms with Gasteiger partial charge in [-0.25, -0.2) is 0 Å². The summed E-state index contributed by atoms with van der Waals surface area (Å²) in [5.41, 5.74) is 1.93. The molecule has 4 nitrogen and oxygen atoms in total. The van der Waals surface area contributed by atoms with Gasteiger partial charge in [0.1, 0.15) is 0 Å². The molecule has 90 valence electrons. The Morgan fingerprint density at radius 3 is 2.50 bits per heavy atom. The molecule has 0 aliphatic carbocycles. The first-order valence-electron chi connectivity index (χ1n) is 5.16. The number of nitrogens with zero attached hydrogens (tertiary/aromatic N) is 1. The number of rotatable bonds is 1. The summed E-state index contributed by atoms with van der Waals surface area (Å²) in [5.74, 6) is 0. The van der Waals surface area contributed by atoms with Gasteiger partial charge in [0.05, 0.1) is 16.3 Å². The highest BCUT2D eigenvalue weighted by atomic mass is 35.5. The van der Waals surface area contributed by atoms with Gasteiger partial charge in [0.25, 0.3) is 5.69 Å². The van der Waals surface area contributed by atoms with E-state index in [0.29, 0.717) is 5.02 Å². The molecule has 0 saturated carbocycles. The smallest absolute Gasteiger partial charge is 0.270 e. The standard InChI is InChI=1S/C12H7ClN2O2S/c13-7-1-3-9-11(5-7)18-12-6-8(15(16)17)2-4-10(12)14-9/h1-6,14H. The van der Waals surface area contributed by atoms with Crippen molar-refractivity contribution < 1.29 is 4.92 Å². The Labute approximate surface area is 112 Å². The van der Waals surface area contributed by atoms with Gasteiger partial charge < -0.3 is 5.32 Å². The van der Waals surface area contributed by atoms with Crippen molar-refractivity contribution in [3.63, 3.8) is 0 Å². The maximum atomic E-state index is 10.7. The molecule has 0 fully saturated rings. The molecular formula is C12H7ClN2O2S. The van der Waals surface area contributed by atoms with Crippen LogP contribution in [0.4, 0.5) is 17.1 Å². The van der Waals surface area contributed by atoms with E-state index >= 15 is 0 Å². The maximum Gasteiger partial charge on any atom is 0.270 e. The van der Waals surface area contributed by atoms with E-state index in [0.717, 1.165) is 21.2 Å². The molecule has 6 heteroatoms. The summed E-state index contributed by atoms with van der Waals surface area (Å²) in [4.78, 5) is 12.1. The minimum Gasteiger partial charge on any atom is -0.354 e. The third-order valence-electron chi connectivity index (χ3n) is 2.61. The molecule has 2 aromatic carbocycles. The van der Waals surface area contributed by atoms with Crippen LogP contribution in [0.2, 0.25) is 5.02 Å². The van der Waals surface area contributed by atoms with Gasteiger partial charge in [0.2, 0.25) is 0 Å². The molecule has 0 spiro atoms. The summed E-state index contributed by atoms with van der Waals surface area (Å²) in [5, 5.41) is 14.6. The van der Waals surface area contributed by atoms with Crippen LogP contribution in [-0.2, 0) is 0 Å². The van der Waals surface area contributed by atoms with Crippen LogP contribution in [0.15, 0.2) is 46.2 Å². The number of benzene rings is 2. The normalized spacial score (nSPS) is 12.3. The second kappa shape index (κ2) is 4.19. The number of hydrogen-bond acceptors (Lipinski definition) is 4. The molecule has 0 aromatic heterocycles. The number of nitro groups is 1. The van der Waals surface area contributed by atoms with Gasteiger partial charge in [0, 0.05) is 26.9 Å². The molecule has 0 atom stereocenters. The number of nitro benzene ring substituents is 1. The highest BCUT2D eigenvalue weighted by Gasteiger charge is 2.18. The summed E-state index contributed by atoms with van der Waals surface area (Å²) in [6, 6.07) is 10.3. The molecule has 1 N–H and O–H groups in total. The van der Waals surface area contributed by atoms with Crippen LogP contribution < -0.4 is 5.32 Å². The van der Waals surface area contributed by atoms with E-state index in [4.69, 9.17) is 11.6 Å². The lowest BCUT2D eigenvalue weighted by molar-refractivity contribution is -0.385. The fourth-order valence-corrected chi connectivity index (χ4v) is 3.06. The molecule has 0 radical (unpaired) electrons. The topological polar surface area (TPSA) is 55.2 Å². The van der Waals surface area contributed by atoms with E-state index in [1.54, 1.807) is 12.1 Å². The van der Waals surface area contributed by atoms with Gasteiger partial charge in [-0.3, -0.25) is 10.1 Å². The maximum absolute atomic E-state index is 10.7. The minimum absolute atomic E-state index is 0.0912. The zero-order chi connectivity index (χ0) is 12.7. The Balaban J connectivity index is 2.05. The number of nitrogens with one attached hydrogen (secondary N) is 1. The Morgan fingerprint density at radius 2 is 1.78 bits per heavy atom. The van der Waals surface area contributed by atoms with E-state index < -0.39 is 4.92 Å². The largest absolute Gasteiger partial charge is 0.354 e. The molecule has 3 rings (SSSR count). The first-order chi connectivity index (χ1) is 8.63. The van der Waals surface area contributed by atoms with Gasteiger partial charge in [-0.15, -0.1) is 0 Å². The Bertz CT molecular complexity index is 661. The van der Waals surface area contributed by atoms with E-state index in [2.05, 4.69) is 5.32 Å². The molecule has 2 aromatic rings. The van der Waals surface area contributed by atoms with E-state index in [1.165, 1.54) is 17.8 Å². The van der Waals surface area contributed by atoms with Crippen LogP contribution in [-0.4, -0.2) is 4.92 Å². The molecule has 1 aliphatic heterocycles. The number of non-ortho nitro benzene ring substituents is 1. The molecule has 0 unspecified atom stereocenters. The van der Waals surface area contributed by atoms with Crippen molar-refractivity contribution in [2.45, 2.75) is 9.79 Å². The van der Waals surface area contributed by atoms with Crippen molar-refractivity contribution in [2.75, 3.05) is 5.32 Å². The average Bonchev–Trinajstić information content (AvgIpc) is 2.35. The molecule has 0 bridgehead atoms. The second-order valence-electron chi connectivity index (χ2n) is 3.81. The summed E-state index contributed by atoms with van der Waals surface area (Å²) in [7, 11) is 0. The van der Waals surface area contributed by atoms with Gasteiger partial charge in [-0.2, -0.15) is 0 Å². The van der Waals surface area contributed by atoms with E-state index in [-0.39, 0.29) is 5.69 Å². The summed E-state index contributed by atoms with van der Waals surface area (Å²) in [6.07, 6.45) is 0. The van der Waals surface area contributed by atoms with Crippen molar-refractivity contribution in [1.29, 1.82) is 0 Å². The van der Waals surface area contributed by atoms with Crippen LogP contribution in [0.25, 0.3) is 0 Å².